The van der Waals surface area contributed by atoms with Gasteiger partial charge in [0.1, 0.15) is 5.69 Å². The summed E-state index contributed by atoms with van der Waals surface area (Å²) in [5.41, 5.74) is 0.158. The molecule has 0 aliphatic heterocycles. The van der Waals surface area contributed by atoms with E-state index in [1.165, 1.54) is 10.6 Å². The van der Waals surface area contributed by atoms with Gasteiger partial charge in [-0.05, 0) is 18.1 Å². The summed E-state index contributed by atoms with van der Waals surface area (Å²) in [6.45, 7) is 0.365. The zero-order valence-electron chi connectivity index (χ0n) is 7.99. The molecule has 2 rings (SSSR count). The van der Waals surface area contributed by atoms with Crippen LogP contribution in [0.4, 0.5) is 8.78 Å². The fourth-order valence-corrected chi connectivity index (χ4v) is 1.96. The van der Waals surface area contributed by atoms with Gasteiger partial charge >= 0.3 is 5.97 Å². The van der Waals surface area contributed by atoms with E-state index in [2.05, 4.69) is 0 Å². The van der Waals surface area contributed by atoms with Gasteiger partial charge in [0.25, 0.3) is 0 Å². The molecule has 1 aromatic heterocycles. The zero-order valence-corrected chi connectivity index (χ0v) is 7.99. The summed E-state index contributed by atoms with van der Waals surface area (Å²) in [6.07, 6.45) is 1.34. The monoisotopic (exact) mass is 215 g/mol. The third kappa shape index (κ3) is 2.00. The molecule has 1 aromatic rings. The molecule has 0 bridgehead atoms. The normalized spacial score (nSPS) is 19.9. The van der Waals surface area contributed by atoms with Gasteiger partial charge < -0.3 is 9.67 Å². The highest BCUT2D eigenvalue weighted by molar-refractivity contribution is 5.85. The lowest BCUT2D eigenvalue weighted by atomic mass is 9.81. The number of carbonyl (C=O) groups is 1. The van der Waals surface area contributed by atoms with Crippen LogP contribution in [0.3, 0.4) is 0 Å². The highest BCUT2D eigenvalue weighted by Crippen LogP contribution is 2.43. The molecule has 1 aliphatic carbocycles. The van der Waals surface area contributed by atoms with Crippen LogP contribution in [0, 0.1) is 5.92 Å². The van der Waals surface area contributed by atoms with Gasteiger partial charge in [-0.1, -0.05) is 0 Å². The van der Waals surface area contributed by atoms with Crippen LogP contribution in [0.1, 0.15) is 23.3 Å². The maximum atomic E-state index is 12.6. The summed E-state index contributed by atoms with van der Waals surface area (Å²) < 4.78 is 26.6. The van der Waals surface area contributed by atoms with Crippen LogP contribution in [0.15, 0.2) is 18.3 Å². The van der Waals surface area contributed by atoms with E-state index in [9.17, 15) is 13.6 Å². The summed E-state index contributed by atoms with van der Waals surface area (Å²) in [5.74, 6) is -3.67. The van der Waals surface area contributed by atoms with Crippen molar-refractivity contribution in [3.05, 3.63) is 24.0 Å². The lowest BCUT2D eigenvalue weighted by Gasteiger charge is -2.35. The van der Waals surface area contributed by atoms with E-state index in [0.29, 0.717) is 6.54 Å². The molecule has 0 spiro atoms. The summed E-state index contributed by atoms with van der Waals surface area (Å²) in [5, 5.41) is 8.79. The fraction of sp³-hybridized carbons (Fsp3) is 0.500. The van der Waals surface area contributed by atoms with Gasteiger partial charge in [-0.25, -0.2) is 13.6 Å². The Kier molecular flexibility index (Phi) is 2.25. The Morgan fingerprint density at radius 1 is 1.60 bits per heavy atom. The maximum absolute atomic E-state index is 12.6. The summed E-state index contributed by atoms with van der Waals surface area (Å²) in [6, 6.07) is 3.08. The minimum absolute atomic E-state index is 0.106. The maximum Gasteiger partial charge on any atom is 0.352 e. The number of rotatable bonds is 3. The molecule has 0 unspecified atom stereocenters. The summed E-state index contributed by atoms with van der Waals surface area (Å²) >= 11 is 0. The predicted molar refractivity (Wildman–Crippen MR) is 49.1 cm³/mol. The first-order chi connectivity index (χ1) is 6.98. The van der Waals surface area contributed by atoms with Gasteiger partial charge in [-0.3, -0.25) is 0 Å². The summed E-state index contributed by atoms with van der Waals surface area (Å²) in [7, 11) is 0. The molecule has 0 aromatic carbocycles. The number of aromatic nitrogens is 1. The third-order valence-electron chi connectivity index (χ3n) is 2.68. The Morgan fingerprint density at radius 2 is 2.27 bits per heavy atom. The van der Waals surface area contributed by atoms with Gasteiger partial charge in [0.05, 0.1) is 0 Å². The molecule has 0 amide bonds. The molecule has 82 valence electrons. The first-order valence-electron chi connectivity index (χ1n) is 4.74. The van der Waals surface area contributed by atoms with Gasteiger partial charge in [-0.2, -0.15) is 0 Å². The Labute approximate surface area is 85.3 Å². The number of carboxylic acids is 1. The Morgan fingerprint density at radius 3 is 2.80 bits per heavy atom. The number of hydrogen-bond acceptors (Lipinski definition) is 1. The van der Waals surface area contributed by atoms with Crippen molar-refractivity contribution >= 4 is 5.97 Å². The number of aromatic carboxylic acids is 1. The molecule has 0 radical (unpaired) electrons. The number of hydrogen-bond donors (Lipinski definition) is 1. The van der Waals surface area contributed by atoms with E-state index >= 15 is 0 Å². The lowest BCUT2D eigenvalue weighted by Crippen LogP contribution is -2.37. The van der Waals surface area contributed by atoms with Gasteiger partial charge in [0, 0.05) is 25.6 Å². The molecule has 1 heterocycles. The molecular weight excluding hydrogens is 204 g/mol. The molecule has 1 saturated carbocycles. The largest absolute Gasteiger partial charge is 0.477 e. The van der Waals surface area contributed by atoms with E-state index in [1.54, 1.807) is 12.3 Å². The number of carboxylic acid groups (broad SMARTS) is 1. The van der Waals surface area contributed by atoms with Crippen molar-refractivity contribution in [3.8, 4) is 0 Å². The molecule has 3 nitrogen and oxygen atoms in total. The van der Waals surface area contributed by atoms with Crippen LogP contribution < -0.4 is 0 Å². The van der Waals surface area contributed by atoms with Crippen LogP contribution in [0.2, 0.25) is 0 Å². The first-order valence-corrected chi connectivity index (χ1v) is 4.74. The number of alkyl halides is 2. The second-order valence-electron chi connectivity index (χ2n) is 3.98. The Balaban J connectivity index is 2.00. The second-order valence-corrected chi connectivity index (χ2v) is 3.98. The number of halogens is 2. The lowest BCUT2D eigenvalue weighted by molar-refractivity contribution is -0.114. The van der Waals surface area contributed by atoms with Crippen molar-refractivity contribution in [2.45, 2.75) is 25.3 Å². The van der Waals surface area contributed by atoms with E-state index in [4.69, 9.17) is 5.11 Å². The SMILES string of the molecule is O=C(O)c1cccn1CC1CC(F)(F)C1. The van der Waals surface area contributed by atoms with E-state index in [0.717, 1.165) is 0 Å². The second kappa shape index (κ2) is 3.32. The molecule has 1 fully saturated rings. The fourth-order valence-electron chi connectivity index (χ4n) is 1.96. The molecular formula is C10H11F2NO2. The standard InChI is InChI=1S/C10H11F2NO2/c11-10(12)4-7(5-10)6-13-3-1-2-8(13)9(14)15/h1-3,7H,4-6H2,(H,14,15). The molecule has 15 heavy (non-hydrogen) atoms. The average molecular weight is 215 g/mol. The van der Waals surface area contributed by atoms with E-state index in [1.807, 2.05) is 0 Å². The minimum Gasteiger partial charge on any atom is -0.477 e. The molecule has 0 saturated heterocycles. The number of nitrogens with zero attached hydrogens (tertiary/aromatic N) is 1. The highest BCUT2D eigenvalue weighted by atomic mass is 19.3. The predicted octanol–water partition coefficient (Wildman–Crippen LogP) is 2.23. The smallest absolute Gasteiger partial charge is 0.352 e. The zero-order chi connectivity index (χ0) is 11.1. The molecule has 1 aliphatic rings. The molecule has 5 heteroatoms. The van der Waals surface area contributed by atoms with Crippen LogP contribution in [0.5, 0.6) is 0 Å². The average Bonchev–Trinajstić information content (AvgIpc) is 2.48. The van der Waals surface area contributed by atoms with Crippen LogP contribution >= 0.6 is 0 Å². The van der Waals surface area contributed by atoms with E-state index in [-0.39, 0.29) is 24.5 Å². The van der Waals surface area contributed by atoms with Crippen molar-refractivity contribution in [2.24, 2.45) is 5.92 Å². The van der Waals surface area contributed by atoms with Crippen molar-refractivity contribution in [1.29, 1.82) is 0 Å². The van der Waals surface area contributed by atoms with E-state index < -0.39 is 11.9 Å². The summed E-state index contributed by atoms with van der Waals surface area (Å²) in [4.78, 5) is 10.7. The van der Waals surface area contributed by atoms with Crippen LogP contribution in [0.25, 0.3) is 0 Å². The Hall–Kier alpha value is -1.39. The van der Waals surface area contributed by atoms with Crippen LogP contribution in [-0.4, -0.2) is 21.6 Å². The van der Waals surface area contributed by atoms with Gasteiger partial charge in [0.2, 0.25) is 5.92 Å². The van der Waals surface area contributed by atoms with Crippen molar-refractivity contribution < 1.29 is 18.7 Å². The quantitative estimate of drug-likeness (QED) is 0.840. The van der Waals surface area contributed by atoms with Crippen molar-refractivity contribution in [2.75, 3.05) is 0 Å². The van der Waals surface area contributed by atoms with Crippen molar-refractivity contribution in [3.63, 3.8) is 0 Å². The van der Waals surface area contributed by atoms with Crippen LogP contribution in [-0.2, 0) is 6.54 Å². The first kappa shape index (κ1) is 10.1. The third-order valence-corrected chi connectivity index (χ3v) is 2.68. The molecule has 0 atom stereocenters. The van der Waals surface area contributed by atoms with Gasteiger partial charge in [-0.15, -0.1) is 0 Å². The van der Waals surface area contributed by atoms with Gasteiger partial charge in [0.15, 0.2) is 0 Å². The minimum atomic E-state index is -2.54. The molecule has 1 N–H and O–H groups in total. The Bertz CT molecular complexity index is 379. The van der Waals surface area contributed by atoms with Crippen molar-refractivity contribution in [1.82, 2.24) is 4.57 Å². The topological polar surface area (TPSA) is 42.2 Å². The highest BCUT2D eigenvalue weighted by Gasteiger charge is 2.45.